The van der Waals surface area contributed by atoms with Crippen molar-refractivity contribution in [3.63, 3.8) is 0 Å². The number of aromatic nitrogens is 2. The summed E-state index contributed by atoms with van der Waals surface area (Å²) in [6, 6.07) is 0.978. The van der Waals surface area contributed by atoms with Gasteiger partial charge < -0.3 is 16.6 Å². The summed E-state index contributed by atoms with van der Waals surface area (Å²) >= 11 is 0. The van der Waals surface area contributed by atoms with Crippen LogP contribution in [0.2, 0.25) is 0 Å². The predicted molar refractivity (Wildman–Crippen MR) is 148 cm³/mol. The van der Waals surface area contributed by atoms with Crippen LogP contribution in [0, 0.1) is 17.3 Å². The van der Waals surface area contributed by atoms with E-state index < -0.39 is 23.0 Å². The Morgan fingerprint density at radius 1 is 1.20 bits per heavy atom. The van der Waals surface area contributed by atoms with Crippen LogP contribution in [0.25, 0.3) is 5.52 Å². The molecule has 3 aliphatic rings. The van der Waals surface area contributed by atoms with Gasteiger partial charge in [-0.05, 0) is 88.9 Å². The van der Waals surface area contributed by atoms with Crippen LogP contribution in [0.1, 0.15) is 82.4 Å². The molecular formula is C29H45F3N6O2. The lowest BCUT2D eigenvalue weighted by molar-refractivity contribution is -0.181. The Labute approximate surface area is 234 Å². The molecule has 11 heteroatoms. The van der Waals surface area contributed by atoms with Gasteiger partial charge in [-0.3, -0.25) is 18.8 Å². The average Bonchev–Trinajstić information content (AvgIpc) is 3.21. The van der Waals surface area contributed by atoms with Crippen molar-refractivity contribution in [2.45, 2.75) is 95.7 Å². The molecule has 0 spiro atoms. The first-order chi connectivity index (χ1) is 18.7. The van der Waals surface area contributed by atoms with E-state index in [-0.39, 0.29) is 35.7 Å². The molecule has 0 aromatic carbocycles. The smallest absolute Gasteiger partial charge is 0.390 e. The van der Waals surface area contributed by atoms with Gasteiger partial charge in [0.1, 0.15) is 0 Å². The van der Waals surface area contributed by atoms with E-state index in [0.717, 1.165) is 38.8 Å². The minimum absolute atomic E-state index is 0.101. The highest BCUT2D eigenvalue weighted by atomic mass is 19.4. The number of piperidine rings is 1. The molecule has 3 heterocycles. The summed E-state index contributed by atoms with van der Waals surface area (Å²) in [4.78, 5) is 17.8. The highest BCUT2D eigenvalue weighted by Crippen LogP contribution is 2.59. The van der Waals surface area contributed by atoms with E-state index in [1.807, 2.05) is 18.9 Å². The summed E-state index contributed by atoms with van der Waals surface area (Å²) in [5.74, 6) is 0.618. The number of nitrogens with zero attached hydrogens (tertiary/aromatic N) is 4. The lowest BCUT2D eigenvalue weighted by Crippen LogP contribution is -2.67. The Balaban J connectivity index is 1.48. The van der Waals surface area contributed by atoms with Crippen LogP contribution < -0.4 is 17.2 Å². The van der Waals surface area contributed by atoms with Crippen LogP contribution >= 0.6 is 0 Å². The van der Waals surface area contributed by atoms with Crippen LogP contribution in [-0.2, 0) is 12.7 Å². The molecule has 2 aromatic heterocycles. The number of rotatable bonds is 7. The predicted octanol–water partition coefficient (Wildman–Crippen LogP) is 3.75. The molecule has 8 nitrogen and oxygen atoms in total. The summed E-state index contributed by atoms with van der Waals surface area (Å²) in [6.07, 6.45) is 4.35. The van der Waals surface area contributed by atoms with Gasteiger partial charge in [0.05, 0.1) is 22.8 Å². The zero-order valence-corrected chi connectivity index (χ0v) is 24.0. The van der Waals surface area contributed by atoms with Gasteiger partial charge in [0.2, 0.25) is 0 Å². The molecule has 2 saturated carbocycles. The molecule has 3 fully saturated rings. The molecular weight excluding hydrogens is 521 g/mol. The van der Waals surface area contributed by atoms with Crippen molar-refractivity contribution in [1.29, 1.82) is 0 Å². The number of hydrogen-bond donors (Lipinski definition) is 3. The number of likely N-dealkylation sites (tertiary alicyclic amines) is 1. The third-order valence-corrected chi connectivity index (χ3v) is 9.93. The number of hydrogen-bond acceptors (Lipinski definition) is 6. The molecule has 1 saturated heterocycles. The molecule has 5 rings (SSSR count). The summed E-state index contributed by atoms with van der Waals surface area (Å²) in [7, 11) is 1.87. The minimum atomic E-state index is -4.58. The molecule has 224 valence electrons. The number of halogens is 3. The number of pyridine rings is 1. The van der Waals surface area contributed by atoms with Crippen molar-refractivity contribution >= 4 is 5.52 Å². The number of aliphatic hydroxyl groups is 1. The van der Waals surface area contributed by atoms with Crippen LogP contribution in [0.4, 0.5) is 13.2 Å². The van der Waals surface area contributed by atoms with Crippen molar-refractivity contribution < 1.29 is 18.3 Å². The van der Waals surface area contributed by atoms with Crippen LogP contribution in [0.5, 0.6) is 0 Å². The van der Waals surface area contributed by atoms with E-state index in [9.17, 15) is 23.1 Å². The Hall–Kier alpha value is -1.92. The lowest BCUT2D eigenvalue weighted by Gasteiger charge is -2.61. The Morgan fingerprint density at radius 2 is 1.93 bits per heavy atom. The van der Waals surface area contributed by atoms with Gasteiger partial charge in [0.15, 0.2) is 0 Å². The quantitative estimate of drug-likeness (QED) is 0.441. The van der Waals surface area contributed by atoms with Crippen molar-refractivity contribution in [3.05, 3.63) is 40.1 Å². The number of alkyl halides is 3. The van der Waals surface area contributed by atoms with Crippen molar-refractivity contribution in [2.75, 3.05) is 26.8 Å². The highest BCUT2D eigenvalue weighted by molar-refractivity contribution is 5.56. The second kappa shape index (κ2) is 10.7. The van der Waals surface area contributed by atoms with Gasteiger partial charge in [0, 0.05) is 43.6 Å². The second-order valence-electron chi connectivity index (χ2n) is 13.3. The average molecular weight is 567 g/mol. The Bertz CT molecular complexity index is 1260. The van der Waals surface area contributed by atoms with Crippen molar-refractivity contribution in [3.8, 4) is 0 Å². The fourth-order valence-electron chi connectivity index (χ4n) is 8.12. The van der Waals surface area contributed by atoms with Gasteiger partial charge in [-0.15, -0.1) is 0 Å². The third-order valence-electron chi connectivity index (χ3n) is 9.93. The standard InChI is InChI=1S/C29H45F3N6O2/c1-19-6-5-9-36(12-19)13-20-10-23(29(30,31)32)24-15-37(26(39)38(24)14-20)22-8-4-7-21(11-22)28(16-27(2,40)17-28)25(34)35(3)18-33/h10,14-15,19,21-22,25,40H,4-9,11-13,16-18,33-34H2,1-3H3/t19-,21?,22?,25?,27?,28?/m0/s1. The van der Waals surface area contributed by atoms with Gasteiger partial charge in [-0.25, -0.2) is 4.79 Å². The van der Waals surface area contributed by atoms with E-state index in [2.05, 4.69) is 11.8 Å². The van der Waals surface area contributed by atoms with Gasteiger partial charge in [-0.2, -0.15) is 13.2 Å². The molecule has 1 aliphatic heterocycles. The van der Waals surface area contributed by atoms with E-state index in [1.165, 1.54) is 21.2 Å². The Kier molecular flexibility index (Phi) is 7.93. The van der Waals surface area contributed by atoms with E-state index in [1.54, 1.807) is 6.20 Å². The normalized spacial score (nSPS) is 32.9. The van der Waals surface area contributed by atoms with E-state index in [0.29, 0.717) is 43.7 Å². The van der Waals surface area contributed by atoms with Crippen LogP contribution in [0.3, 0.4) is 0 Å². The zero-order valence-electron chi connectivity index (χ0n) is 24.0. The van der Waals surface area contributed by atoms with E-state index >= 15 is 0 Å². The molecule has 3 unspecified atom stereocenters. The molecule has 2 aliphatic carbocycles. The number of fused-ring (bicyclic) bond motifs is 1. The first-order valence-electron chi connectivity index (χ1n) is 14.7. The summed E-state index contributed by atoms with van der Waals surface area (Å²) in [5.41, 5.74) is 10.6. The molecule has 0 radical (unpaired) electrons. The third kappa shape index (κ3) is 5.47. The Morgan fingerprint density at radius 3 is 2.55 bits per heavy atom. The number of imidazole rings is 1. The molecule has 40 heavy (non-hydrogen) atoms. The minimum Gasteiger partial charge on any atom is -0.390 e. The monoisotopic (exact) mass is 566 g/mol. The first-order valence-corrected chi connectivity index (χ1v) is 14.7. The molecule has 4 atom stereocenters. The lowest BCUT2D eigenvalue weighted by atomic mass is 9.50. The molecule has 0 bridgehead atoms. The fourth-order valence-corrected chi connectivity index (χ4v) is 8.12. The first kappa shape index (κ1) is 29.6. The van der Waals surface area contributed by atoms with Crippen LogP contribution in [-0.4, -0.2) is 62.4 Å². The van der Waals surface area contributed by atoms with Gasteiger partial charge in [-0.1, -0.05) is 13.3 Å². The number of nitrogens with two attached hydrogens (primary N) is 2. The molecule has 5 N–H and O–H groups in total. The van der Waals surface area contributed by atoms with Crippen LogP contribution in [0.15, 0.2) is 23.3 Å². The molecule has 0 amide bonds. The summed E-state index contributed by atoms with van der Waals surface area (Å²) < 4.78 is 45.5. The SMILES string of the molecule is C[C@H]1CCCN(Cc2cc(C(F)(F)F)c3cn(C4CCCC(C5(C(N)N(C)CN)CC(C)(O)C5)C4)c(=O)n3c2)C1. The maximum absolute atomic E-state index is 14.3. The highest BCUT2D eigenvalue weighted by Gasteiger charge is 2.59. The summed E-state index contributed by atoms with van der Waals surface area (Å²) in [5, 5.41) is 10.7. The maximum Gasteiger partial charge on any atom is 0.418 e. The summed E-state index contributed by atoms with van der Waals surface area (Å²) in [6.45, 7) is 6.33. The van der Waals surface area contributed by atoms with E-state index in [4.69, 9.17) is 11.5 Å². The van der Waals surface area contributed by atoms with Gasteiger partial charge in [0.25, 0.3) is 0 Å². The van der Waals surface area contributed by atoms with Crippen molar-refractivity contribution in [2.24, 2.45) is 28.7 Å². The molecule has 2 aromatic rings. The van der Waals surface area contributed by atoms with Gasteiger partial charge >= 0.3 is 11.9 Å². The topological polar surface area (TPSA) is 105 Å². The van der Waals surface area contributed by atoms with Crippen molar-refractivity contribution in [1.82, 2.24) is 18.8 Å². The zero-order chi connectivity index (χ0) is 29.0. The second-order valence-corrected chi connectivity index (χ2v) is 13.3. The fraction of sp³-hybridized carbons (Fsp3) is 0.759. The maximum atomic E-state index is 14.3. The largest absolute Gasteiger partial charge is 0.418 e.